The Balaban J connectivity index is 2.36. The molecular formula is C12H21N. The summed E-state index contributed by atoms with van der Waals surface area (Å²) in [5.41, 5.74) is 0.474. The Kier molecular flexibility index (Phi) is 3.39. The van der Waals surface area contributed by atoms with Gasteiger partial charge in [0.05, 0.1) is 6.54 Å². The van der Waals surface area contributed by atoms with Crippen molar-refractivity contribution in [3.05, 3.63) is 0 Å². The second kappa shape index (κ2) is 4.15. The van der Waals surface area contributed by atoms with E-state index >= 15 is 0 Å². The second-order valence-electron chi connectivity index (χ2n) is 5.12. The lowest BCUT2D eigenvalue weighted by Crippen LogP contribution is -2.38. The van der Waals surface area contributed by atoms with Gasteiger partial charge in [0.1, 0.15) is 0 Å². The van der Waals surface area contributed by atoms with Crippen molar-refractivity contribution in [1.82, 2.24) is 4.90 Å². The molecule has 0 saturated carbocycles. The number of hydrogen-bond acceptors (Lipinski definition) is 1. The van der Waals surface area contributed by atoms with Crippen LogP contribution < -0.4 is 0 Å². The van der Waals surface area contributed by atoms with E-state index < -0.39 is 0 Å². The maximum atomic E-state index is 5.29. The van der Waals surface area contributed by atoms with Crippen molar-refractivity contribution in [3.63, 3.8) is 0 Å². The van der Waals surface area contributed by atoms with Crippen LogP contribution in [0.25, 0.3) is 0 Å². The molecule has 0 aromatic rings. The van der Waals surface area contributed by atoms with Crippen molar-refractivity contribution in [1.29, 1.82) is 0 Å². The van der Waals surface area contributed by atoms with E-state index in [2.05, 4.69) is 31.6 Å². The Morgan fingerprint density at radius 1 is 1.31 bits per heavy atom. The molecule has 0 spiro atoms. The summed E-state index contributed by atoms with van der Waals surface area (Å²) in [7, 11) is 0. The lowest BCUT2D eigenvalue weighted by atomic mass is 9.75. The third-order valence-corrected chi connectivity index (χ3v) is 3.13. The van der Waals surface area contributed by atoms with Crippen LogP contribution in [0.1, 0.15) is 33.6 Å². The summed E-state index contributed by atoms with van der Waals surface area (Å²) < 4.78 is 0. The van der Waals surface area contributed by atoms with Gasteiger partial charge in [0, 0.05) is 0 Å². The largest absolute Gasteiger partial charge is 0.292 e. The van der Waals surface area contributed by atoms with Gasteiger partial charge in [0.25, 0.3) is 0 Å². The first-order valence-electron chi connectivity index (χ1n) is 5.20. The minimum Gasteiger partial charge on any atom is -0.292 e. The third-order valence-electron chi connectivity index (χ3n) is 3.13. The fourth-order valence-electron chi connectivity index (χ4n) is 2.09. The highest BCUT2D eigenvalue weighted by molar-refractivity contribution is 4.90. The van der Waals surface area contributed by atoms with Gasteiger partial charge in [-0.25, -0.2) is 0 Å². The van der Waals surface area contributed by atoms with E-state index in [4.69, 9.17) is 6.42 Å². The molecule has 0 amide bonds. The van der Waals surface area contributed by atoms with Crippen molar-refractivity contribution in [2.75, 3.05) is 19.6 Å². The van der Waals surface area contributed by atoms with E-state index in [1.807, 2.05) is 0 Å². The summed E-state index contributed by atoms with van der Waals surface area (Å²) in [6.07, 6.45) is 7.91. The molecule has 1 rings (SSSR count). The number of piperidine rings is 1. The summed E-state index contributed by atoms with van der Waals surface area (Å²) in [5, 5.41) is 0. The first-order chi connectivity index (χ1) is 6.04. The Morgan fingerprint density at radius 3 is 2.23 bits per heavy atom. The maximum Gasteiger partial charge on any atom is 0.0598 e. The molecule has 0 bridgehead atoms. The molecule has 0 radical (unpaired) electrons. The van der Waals surface area contributed by atoms with Crippen molar-refractivity contribution < 1.29 is 0 Å². The van der Waals surface area contributed by atoms with Crippen LogP contribution in [0.5, 0.6) is 0 Å². The zero-order valence-corrected chi connectivity index (χ0v) is 9.14. The molecule has 0 aromatic heterocycles. The highest BCUT2D eigenvalue weighted by atomic mass is 15.1. The first-order valence-corrected chi connectivity index (χ1v) is 5.20. The standard InChI is InChI=1S/C12H21N/c1-5-8-13-9-6-11(7-10-13)12(2,3)4/h1,11H,6-10H2,2-4H3. The summed E-state index contributed by atoms with van der Waals surface area (Å²) in [6, 6.07) is 0. The van der Waals surface area contributed by atoms with Crippen LogP contribution in [-0.2, 0) is 0 Å². The number of nitrogens with zero attached hydrogens (tertiary/aromatic N) is 1. The zero-order chi connectivity index (χ0) is 9.90. The number of rotatable bonds is 1. The molecule has 1 aliphatic heterocycles. The summed E-state index contributed by atoms with van der Waals surface area (Å²) in [6.45, 7) is 10.2. The summed E-state index contributed by atoms with van der Waals surface area (Å²) in [4.78, 5) is 2.38. The van der Waals surface area contributed by atoms with Crippen LogP contribution in [0.4, 0.5) is 0 Å². The van der Waals surface area contributed by atoms with Crippen molar-refractivity contribution >= 4 is 0 Å². The molecule has 13 heavy (non-hydrogen) atoms. The molecule has 1 fully saturated rings. The number of hydrogen-bond donors (Lipinski definition) is 0. The van der Waals surface area contributed by atoms with E-state index in [0.29, 0.717) is 5.41 Å². The maximum absolute atomic E-state index is 5.29. The van der Waals surface area contributed by atoms with E-state index in [0.717, 1.165) is 12.5 Å². The normalized spacial score (nSPS) is 21.4. The predicted octanol–water partition coefficient (Wildman–Crippen LogP) is 2.38. The van der Waals surface area contributed by atoms with Crippen LogP contribution in [0.3, 0.4) is 0 Å². The van der Waals surface area contributed by atoms with Gasteiger partial charge in [0.2, 0.25) is 0 Å². The third kappa shape index (κ3) is 3.04. The Bertz CT molecular complexity index is 186. The van der Waals surface area contributed by atoms with Gasteiger partial charge in [-0.2, -0.15) is 0 Å². The SMILES string of the molecule is C#CCN1CCC(C(C)(C)C)CC1. The second-order valence-corrected chi connectivity index (χ2v) is 5.12. The fraction of sp³-hybridized carbons (Fsp3) is 0.833. The highest BCUT2D eigenvalue weighted by Gasteiger charge is 2.28. The van der Waals surface area contributed by atoms with E-state index in [1.54, 1.807) is 0 Å². The lowest BCUT2D eigenvalue weighted by Gasteiger charge is -2.38. The molecule has 1 saturated heterocycles. The van der Waals surface area contributed by atoms with E-state index in [9.17, 15) is 0 Å². The van der Waals surface area contributed by atoms with Crippen molar-refractivity contribution in [2.24, 2.45) is 11.3 Å². The molecule has 0 aliphatic carbocycles. The van der Waals surface area contributed by atoms with Gasteiger partial charge in [-0.1, -0.05) is 26.7 Å². The van der Waals surface area contributed by atoms with Crippen LogP contribution in [0.15, 0.2) is 0 Å². The summed E-state index contributed by atoms with van der Waals surface area (Å²) in [5.74, 6) is 3.59. The average Bonchev–Trinajstić information content (AvgIpc) is 2.04. The molecule has 0 unspecified atom stereocenters. The van der Waals surface area contributed by atoms with Gasteiger partial charge in [0.15, 0.2) is 0 Å². The topological polar surface area (TPSA) is 3.24 Å². The molecule has 74 valence electrons. The number of terminal acetylenes is 1. The van der Waals surface area contributed by atoms with Gasteiger partial charge in [-0.3, -0.25) is 4.90 Å². The van der Waals surface area contributed by atoms with Gasteiger partial charge in [-0.15, -0.1) is 6.42 Å². The zero-order valence-electron chi connectivity index (χ0n) is 9.14. The van der Waals surface area contributed by atoms with Crippen molar-refractivity contribution in [2.45, 2.75) is 33.6 Å². The molecule has 1 nitrogen and oxygen atoms in total. The average molecular weight is 179 g/mol. The predicted molar refractivity (Wildman–Crippen MR) is 57.5 cm³/mol. The number of likely N-dealkylation sites (tertiary alicyclic amines) is 1. The molecule has 0 atom stereocenters. The van der Waals surface area contributed by atoms with E-state index in [1.165, 1.54) is 25.9 Å². The molecule has 0 aromatic carbocycles. The van der Waals surface area contributed by atoms with Gasteiger partial charge < -0.3 is 0 Å². The minimum absolute atomic E-state index is 0.474. The Hall–Kier alpha value is -0.480. The molecule has 1 heteroatoms. The molecule has 0 N–H and O–H groups in total. The van der Waals surface area contributed by atoms with Crippen LogP contribution in [-0.4, -0.2) is 24.5 Å². The minimum atomic E-state index is 0.474. The lowest BCUT2D eigenvalue weighted by molar-refractivity contribution is 0.121. The van der Waals surface area contributed by atoms with Crippen LogP contribution >= 0.6 is 0 Å². The van der Waals surface area contributed by atoms with Crippen molar-refractivity contribution in [3.8, 4) is 12.3 Å². The highest BCUT2D eigenvalue weighted by Crippen LogP contribution is 2.33. The smallest absolute Gasteiger partial charge is 0.0598 e. The van der Waals surface area contributed by atoms with E-state index in [-0.39, 0.29) is 0 Å². The monoisotopic (exact) mass is 179 g/mol. The molecule has 1 heterocycles. The molecule has 1 aliphatic rings. The quantitative estimate of drug-likeness (QED) is 0.559. The Morgan fingerprint density at radius 2 is 1.85 bits per heavy atom. The summed E-state index contributed by atoms with van der Waals surface area (Å²) >= 11 is 0. The molecular weight excluding hydrogens is 158 g/mol. The van der Waals surface area contributed by atoms with Gasteiger partial charge in [-0.05, 0) is 37.3 Å². The fourth-order valence-corrected chi connectivity index (χ4v) is 2.09. The van der Waals surface area contributed by atoms with Gasteiger partial charge >= 0.3 is 0 Å². The first kappa shape index (κ1) is 10.6. The van der Waals surface area contributed by atoms with Crippen LogP contribution in [0, 0.1) is 23.7 Å². The van der Waals surface area contributed by atoms with Crippen LogP contribution in [0.2, 0.25) is 0 Å². The Labute approximate surface area is 82.5 Å².